The predicted octanol–water partition coefficient (Wildman–Crippen LogP) is 2.83. The Hall–Kier alpha value is -3.03. The summed E-state index contributed by atoms with van der Waals surface area (Å²) in [7, 11) is 1.19. The van der Waals surface area contributed by atoms with Crippen LogP contribution in [0.4, 0.5) is 0 Å². The highest BCUT2D eigenvalue weighted by atomic mass is 79.9. The summed E-state index contributed by atoms with van der Waals surface area (Å²) in [6.45, 7) is 0.230. The lowest BCUT2D eigenvalue weighted by atomic mass is 9.78. The van der Waals surface area contributed by atoms with E-state index in [0.717, 1.165) is 16.2 Å². The molecule has 2 amide bonds. The first-order chi connectivity index (χ1) is 14.9. The molecule has 1 aromatic heterocycles. The Bertz CT molecular complexity index is 1060. The second-order valence-electron chi connectivity index (χ2n) is 6.52. The number of allylic oxidation sites excluding steroid dienone is 1. The van der Waals surface area contributed by atoms with Crippen molar-refractivity contribution in [2.75, 3.05) is 12.9 Å². The van der Waals surface area contributed by atoms with Crippen LogP contribution >= 0.6 is 27.7 Å². The number of ether oxygens (including phenoxy) is 1. The SMILES string of the molecule is COC(=O)[C@H]1C(=O)NC(SCC(=O)NCc2ccco2)=C(C#N)[C@H]1c1cccc(Br)c1. The Morgan fingerprint density at radius 2 is 2.16 bits per heavy atom. The average molecular weight is 504 g/mol. The van der Waals surface area contributed by atoms with Gasteiger partial charge in [-0.15, -0.1) is 0 Å². The van der Waals surface area contributed by atoms with Gasteiger partial charge in [0.05, 0.1) is 42.3 Å². The van der Waals surface area contributed by atoms with Crippen LogP contribution in [-0.2, 0) is 25.7 Å². The van der Waals surface area contributed by atoms with Gasteiger partial charge in [-0.2, -0.15) is 5.26 Å². The number of nitrogens with one attached hydrogen (secondary N) is 2. The van der Waals surface area contributed by atoms with E-state index in [9.17, 15) is 19.6 Å². The molecule has 0 fully saturated rings. The molecule has 1 aliphatic rings. The van der Waals surface area contributed by atoms with Gasteiger partial charge in [-0.05, 0) is 29.8 Å². The van der Waals surface area contributed by atoms with Crippen molar-refractivity contribution in [3.05, 3.63) is 69.1 Å². The summed E-state index contributed by atoms with van der Waals surface area (Å²) in [4.78, 5) is 37.3. The topological polar surface area (TPSA) is 121 Å². The number of nitriles is 1. The van der Waals surface area contributed by atoms with Gasteiger partial charge in [-0.3, -0.25) is 14.4 Å². The summed E-state index contributed by atoms with van der Waals surface area (Å²) in [5.41, 5.74) is 0.800. The zero-order valence-corrected chi connectivity index (χ0v) is 18.8. The molecule has 2 N–H and O–H groups in total. The third-order valence-electron chi connectivity index (χ3n) is 4.58. The molecule has 3 rings (SSSR count). The molecule has 1 aromatic carbocycles. The Morgan fingerprint density at radius 1 is 1.35 bits per heavy atom. The van der Waals surface area contributed by atoms with Gasteiger partial charge >= 0.3 is 5.97 Å². The molecule has 1 aliphatic heterocycles. The van der Waals surface area contributed by atoms with Crippen LogP contribution in [0.5, 0.6) is 0 Å². The van der Waals surface area contributed by atoms with Crippen LogP contribution in [0.15, 0.2) is 62.2 Å². The van der Waals surface area contributed by atoms with Gasteiger partial charge in [0.1, 0.15) is 11.7 Å². The summed E-state index contributed by atoms with van der Waals surface area (Å²) < 4.78 is 10.7. The van der Waals surface area contributed by atoms with E-state index >= 15 is 0 Å². The van der Waals surface area contributed by atoms with E-state index in [0.29, 0.717) is 11.3 Å². The first-order valence-corrected chi connectivity index (χ1v) is 10.9. The largest absolute Gasteiger partial charge is 0.468 e. The number of rotatable bonds is 7. The molecule has 0 saturated carbocycles. The van der Waals surface area contributed by atoms with Crippen molar-refractivity contribution in [2.24, 2.45) is 5.92 Å². The zero-order valence-electron chi connectivity index (χ0n) is 16.4. The number of carbonyl (C=O) groups excluding carboxylic acids is 3. The number of benzene rings is 1. The van der Waals surface area contributed by atoms with E-state index in [1.807, 2.05) is 0 Å². The molecule has 0 spiro atoms. The van der Waals surface area contributed by atoms with Gasteiger partial charge in [-0.25, -0.2) is 0 Å². The van der Waals surface area contributed by atoms with Crippen LogP contribution < -0.4 is 10.6 Å². The number of carbonyl (C=O) groups is 3. The molecule has 2 aromatic rings. The molecule has 2 atom stereocenters. The summed E-state index contributed by atoms with van der Waals surface area (Å²) >= 11 is 4.40. The summed E-state index contributed by atoms with van der Waals surface area (Å²) in [6.07, 6.45) is 1.51. The second kappa shape index (κ2) is 10.3. The van der Waals surface area contributed by atoms with E-state index in [4.69, 9.17) is 9.15 Å². The minimum absolute atomic E-state index is 0.0321. The lowest BCUT2D eigenvalue weighted by Gasteiger charge is -2.31. The van der Waals surface area contributed by atoms with Crippen molar-refractivity contribution in [1.82, 2.24) is 10.6 Å². The Morgan fingerprint density at radius 3 is 2.81 bits per heavy atom. The molecule has 0 unspecified atom stereocenters. The van der Waals surface area contributed by atoms with E-state index in [1.54, 1.807) is 36.4 Å². The molecule has 0 saturated heterocycles. The van der Waals surface area contributed by atoms with Crippen LogP contribution in [0, 0.1) is 17.2 Å². The third-order valence-corrected chi connectivity index (χ3v) is 6.09. The quantitative estimate of drug-likeness (QED) is 0.439. The van der Waals surface area contributed by atoms with Gasteiger partial charge < -0.3 is 19.8 Å². The van der Waals surface area contributed by atoms with Gasteiger partial charge in [0, 0.05) is 10.4 Å². The predicted molar refractivity (Wildman–Crippen MR) is 116 cm³/mol. The minimum Gasteiger partial charge on any atom is -0.468 e. The maximum Gasteiger partial charge on any atom is 0.319 e. The van der Waals surface area contributed by atoms with Crippen LogP contribution in [0.2, 0.25) is 0 Å². The summed E-state index contributed by atoms with van der Waals surface area (Å²) in [6, 6.07) is 12.6. The van der Waals surface area contributed by atoms with Gasteiger partial charge in [0.25, 0.3) is 0 Å². The van der Waals surface area contributed by atoms with Crippen LogP contribution in [0.25, 0.3) is 0 Å². The summed E-state index contributed by atoms with van der Waals surface area (Å²) in [5.74, 6) is -3.10. The van der Waals surface area contributed by atoms with E-state index < -0.39 is 23.7 Å². The number of halogens is 1. The van der Waals surface area contributed by atoms with Crippen molar-refractivity contribution in [2.45, 2.75) is 12.5 Å². The number of amides is 2. The second-order valence-corrected chi connectivity index (χ2v) is 8.42. The third kappa shape index (κ3) is 5.37. The van der Waals surface area contributed by atoms with Crippen LogP contribution in [0.1, 0.15) is 17.2 Å². The monoisotopic (exact) mass is 503 g/mol. The highest BCUT2D eigenvalue weighted by molar-refractivity contribution is 9.10. The number of esters is 1. The van der Waals surface area contributed by atoms with Crippen molar-refractivity contribution < 1.29 is 23.5 Å². The van der Waals surface area contributed by atoms with Gasteiger partial charge in [0.2, 0.25) is 11.8 Å². The normalized spacial score (nSPS) is 18.2. The minimum atomic E-state index is -1.22. The van der Waals surface area contributed by atoms with E-state index in [2.05, 4.69) is 32.6 Å². The van der Waals surface area contributed by atoms with Crippen molar-refractivity contribution in [3.63, 3.8) is 0 Å². The standard InChI is InChI=1S/C21H18BrN3O5S/c1-29-21(28)18-17(12-4-2-5-13(22)8-12)15(9-23)20(25-19(18)27)31-11-16(26)24-10-14-6-3-7-30-14/h2-8,17-18H,10-11H2,1H3,(H,24,26)(H,25,27)/t17-,18-/m1/s1. The molecule has 31 heavy (non-hydrogen) atoms. The van der Waals surface area contributed by atoms with Crippen LogP contribution in [0.3, 0.4) is 0 Å². The van der Waals surface area contributed by atoms with E-state index in [1.165, 1.54) is 13.4 Å². The number of methoxy groups -OCH3 is 1. The maximum absolute atomic E-state index is 12.8. The molecular weight excluding hydrogens is 486 g/mol. The van der Waals surface area contributed by atoms with Crippen molar-refractivity contribution >= 4 is 45.5 Å². The number of hydrogen-bond donors (Lipinski definition) is 2. The average Bonchev–Trinajstić information content (AvgIpc) is 3.29. The van der Waals surface area contributed by atoms with Crippen molar-refractivity contribution in [3.8, 4) is 6.07 Å². The van der Waals surface area contributed by atoms with Crippen molar-refractivity contribution in [1.29, 1.82) is 5.26 Å². The molecule has 160 valence electrons. The first kappa shape index (κ1) is 22.7. The first-order valence-electron chi connectivity index (χ1n) is 9.15. The van der Waals surface area contributed by atoms with Gasteiger partial charge in [0.15, 0.2) is 0 Å². The molecular formula is C21H18BrN3O5S. The highest BCUT2D eigenvalue weighted by Crippen LogP contribution is 2.40. The lowest BCUT2D eigenvalue weighted by Crippen LogP contribution is -2.44. The Labute approximate surface area is 191 Å². The molecule has 10 heteroatoms. The Balaban J connectivity index is 1.85. The molecule has 0 bridgehead atoms. The highest BCUT2D eigenvalue weighted by Gasteiger charge is 2.44. The lowest BCUT2D eigenvalue weighted by molar-refractivity contribution is -0.150. The molecule has 2 heterocycles. The number of furan rings is 1. The fourth-order valence-corrected chi connectivity index (χ4v) is 4.46. The number of hydrogen-bond acceptors (Lipinski definition) is 7. The fraction of sp³-hybridized carbons (Fsp3) is 0.238. The van der Waals surface area contributed by atoms with Gasteiger partial charge in [-0.1, -0.05) is 39.8 Å². The number of nitrogens with zero attached hydrogens (tertiary/aromatic N) is 1. The fourth-order valence-electron chi connectivity index (χ4n) is 3.17. The smallest absolute Gasteiger partial charge is 0.319 e. The molecule has 0 aliphatic carbocycles. The number of thioether (sulfide) groups is 1. The van der Waals surface area contributed by atoms with Crippen LogP contribution in [-0.4, -0.2) is 30.6 Å². The van der Waals surface area contributed by atoms with E-state index in [-0.39, 0.29) is 28.8 Å². The zero-order chi connectivity index (χ0) is 22.4. The molecule has 8 nitrogen and oxygen atoms in total. The summed E-state index contributed by atoms with van der Waals surface area (Å²) in [5, 5.41) is 15.4. The maximum atomic E-state index is 12.8. The Kier molecular flexibility index (Phi) is 7.55. The molecule has 0 radical (unpaired) electrons.